The summed E-state index contributed by atoms with van der Waals surface area (Å²) in [6.07, 6.45) is 0.376. The Balaban J connectivity index is 3.45. The van der Waals surface area contributed by atoms with Crippen molar-refractivity contribution >= 4 is 45.2 Å². The fourth-order valence-corrected chi connectivity index (χ4v) is 3.70. The van der Waals surface area contributed by atoms with E-state index in [1.807, 2.05) is 0 Å². The van der Waals surface area contributed by atoms with Crippen LogP contribution in [0.25, 0.3) is 0 Å². The van der Waals surface area contributed by atoms with Gasteiger partial charge in [0.15, 0.2) is 5.02 Å². The van der Waals surface area contributed by atoms with E-state index in [9.17, 15) is 13.2 Å². The minimum Gasteiger partial charge on any atom is -0.480 e. The number of ether oxygens (including phenoxy) is 2. The highest BCUT2D eigenvalue weighted by atomic mass is 35.5. The fraction of sp³-hybridized carbons (Fsp3) is 0.545. The van der Waals surface area contributed by atoms with E-state index < -0.39 is 33.1 Å². The van der Waals surface area contributed by atoms with Gasteiger partial charge in [0.1, 0.15) is 0 Å². The van der Waals surface area contributed by atoms with Crippen molar-refractivity contribution in [1.29, 1.82) is 0 Å². The summed E-state index contributed by atoms with van der Waals surface area (Å²) >= 11 is 11.8. The molecule has 0 bridgehead atoms. The molecule has 1 unspecified atom stereocenters. The van der Waals surface area contributed by atoms with Crippen LogP contribution in [0.1, 0.15) is 13.3 Å². The highest BCUT2D eigenvalue weighted by molar-refractivity contribution is 7.93. The van der Waals surface area contributed by atoms with Crippen molar-refractivity contribution < 1.29 is 22.7 Å². The highest BCUT2D eigenvalue weighted by Crippen LogP contribution is 2.33. The molecule has 130 valence electrons. The molecule has 1 aromatic rings. The van der Waals surface area contributed by atoms with Crippen molar-refractivity contribution in [2.24, 2.45) is 5.73 Å². The molecule has 0 aliphatic carbocycles. The smallest absolute Gasteiger partial charge is 0.335 e. The number of nitrogens with zero attached hydrogens (tertiary/aromatic N) is 3. The van der Waals surface area contributed by atoms with Crippen molar-refractivity contribution in [2.75, 3.05) is 24.3 Å². The summed E-state index contributed by atoms with van der Waals surface area (Å²) in [5.74, 6) is -1.42. The van der Waals surface area contributed by atoms with Crippen LogP contribution in [0.15, 0.2) is 0 Å². The molecule has 0 radical (unpaired) electrons. The van der Waals surface area contributed by atoms with Gasteiger partial charge in [-0.05, 0) is 6.42 Å². The summed E-state index contributed by atoms with van der Waals surface area (Å²) in [4.78, 5) is 19.2. The van der Waals surface area contributed by atoms with E-state index in [2.05, 4.69) is 9.97 Å². The Bertz CT molecular complexity index is 660. The Morgan fingerprint density at radius 3 is 2.13 bits per heavy atom. The van der Waals surface area contributed by atoms with Gasteiger partial charge in [0.05, 0.1) is 20.0 Å². The van der Waals surface area contributed by atoms with Crippen LogP contribution in [0.3, 0.4) is 0 Å². The largest absolute Gasteiger partial charge is 0.480 e. The first-order valence-corrected chi connectivity index (χ1v) is 8.72. The van der Waals surface area contributed by atoms with Gasteiger partial charge in [0.25, 0.3) is 5.95 Å². The van der Waals surface area contributed by atoms with Gasteiger partial charge in [-0.3, -0.25) is 0 Å². The third kappa shape index (κ3) is 4.49. The zero-order chi connectivity index (χ0) is 17.8. The predicted molar refractivity (Wildman–Crippen MR) is 85.9 cm³/mol. The molecule has 1 atom stereocenters. The molecule has 1 aromatic heterocycles. The standard InChI is InChI=1S/C11H16Cl2N4O5S/c1-4-6(12)5-23(19,20)17(10(14)18)11-15-8(21-2)7(13)9(16-11)22-3/h6H,4-5H2,1-3H3,(H2,14,18). The lowest BCUT2D eigenvalue weighted by Crippen LogP contribution is -2.44. The summed E-state index contributed by atoms with van der Waals surface area (Å²) in [6.45, 7) is 1.70. The van der Waals surface area contributed by atoms with Crippen LogP contribution < -0.4 is 19.5 Å². The van der Waals surface area contributed by atoms with Crippen LogP contribution in [0, 0.1) is 0 Å². The highest BCUT2D eigenvalue weighted by Gasteiger charge is 2.33. The number of nitrogens with two attached hydrogens (primary N) is 1. The van der Waals surface area contributed by atoms with Crippen LogP contribution in [-0.4, -0.2) is 49.8 Å². The van der Waals surface area contributed by atoms with Gasteiger partial charge in [-0.1, -0.05) is 18.5 Å². The Labute approximate surface area is 143 Å². The number of aromatic nitrogens is 2. The second-order valence-corrected chi connectivity index (χ2v) is 7.10. The molecular formula is C11H16Cl2N4O5S. The van der Waals surface area contributed by atoms with Gasteiger partial charge in [-0.2, -0.15) is 14.3 Å². The van der Waals surface area contributed by atoms with Gasteiger partial charge in [-0.25, -0.2) is 13.2 Å². The Hall–Kier alpha value is -1.52. The number of alkyl halides is 1. The summed E-state index contributed by atoms with van der Waals surface area (Å²) in [6, 6.07) is -1.30. The van der Waals surface area contributed by atoms with Crippen molar-refractivity contribution in [2.45, 2.75) is 18.7 Å². The Morgan fingerprint density at radius 1 is 1.30 bits per heavy atom. The van der Waals surface area contributed by atoms with E-state index in [1.165, 1.54) is 14.2 Å². The van der Waals surface area contributed by atoms with Gasteiger partial charge in [0, 0.05) is 5.38 Å². The summed E-state index contributed by atoms with van der Waals surface area (Å²) in [5.41, 5.74) is 5.16. The first-order chi connectivity index (χ1) is 10.7. The molecule has 2 amide bonds. The number of halogens is 2. The molecule has 12 heteroatoms. The van der Waals surface area contributed by atoms with E-state index in [0.717, 1.165) is 0 Å². The van der Waals surface area contributed by atoms with Crippen LogP contribution >= 0.6 is 23.2 Å². The van der Waals surface area contributed by atoms with Crippen LogP contribution in [-0.2, 0) is 10.0 Å². The topological polar surface area (TPSA) is 125 Å². The van der Waals surface area contributed by atoms with Gasteiger partial charge >= 0.3 is 6.03 Å². The maximum absolute atomic E-state index is 12.4. The van der Waals surface area contributed by atoms with Gasteiger partial charge in [-0.15, -0.1) is 11.6 Å². The second-order valence-electron chi connectivity index (χ2n) is 4.24. The minimum atomic E-state index is -4.20. The predicted octanol–water partition coefficient (Wildman–Crippen LogP) is 1.38. The number of hydrogen-bond donors (Lipinski definition) is 1. The average molecular weight is 387 g/mol. The lowest BCUT2D eigenvalue weighted by Gasteiger charge is -2.20. The van der Waals surface area contributed by atoms with E-state index in [1.54, 1.807) is 6.92 Å². The molecule has 1 heterocycles. The number of carbonyl (C=O) groups excluding carboxylic acids is 1. The maximum Gasteiger partial charge on any atom is 0.335 e. The van der Waals surface area contributed by atoms with Crippen LogP contribution in [0.5, 0.6) is 11.8 Å². The number of urea groups is 1. The van der Waals surface area contributed by atoms with Gasteiger partial charge < -0.3 is 15.2 Å². The van der Waals surface area contributed by atoms with Gasteiger partial charge in [0.2, 0.25) is 21.8 Å². The average Bonchev–Trinajstić information content (AvgIpc) is 2.47. The van der Waals surface area contributed by atoms with Crippen molar-refractivity contribution in [3.8, 4) is 11.8 Å². The minimum absolute atomic E-state index is 0.0793. The number of anilines is 1. The number of carbonyl (C=O) groups is 1. The van der Waals surface area contributed by atoms with Crippen molar-refractivity contribution in [3.63, 3.8) is 0 Å². The number of rotatable bonds is 7. The van der Waals surface area contributed by atoms with E-state index >= 15 is 0 Å². The second kappa shape index (κ2) is 7.84. The maximum atomic E-state index is 12.4. The fourth-order valence-electron chi connectivity index (χ4n) is 1.54. The number of primary amides is 1. The van der Waals surface area contributed by atoms with Crippen LogP contribution in [0.2, 0.25) is 5.02 Å². The number of sulfonamides is 1. The molecule has 0 aliphatic rings. The molecule has 0 fully saturated rings. The third-order valence-electron chi connectivity index (χ3n) is 2.66. The normalized spacial score (nSPS) is 12.6. The summed E-state index contributed by atoms with van der Waals surface area (Å²) < 4.78 is 34.8. The molecular weight excluding hydrogens is 371 g/mol. The molecule has 1 rings (SSSR count). The molecule has 0 saturated carbocycles. The molecule has 2 N–H and O–H groups in total. The Morgan fingerprint density at radius 2 is 1.78 bits per heavy atom. The monoisotopic (exact) mass is 386 g/mol. The van der Waals surface area contributed by atoms with E-state index in [-0.39, 0.29) is 21.1 Å². The molecule has 0 spiro atoms. The Kier molecular flexibility index (Phi) is 6.66. The molecule has 0 aliphatic heterocycles. The lowest BCUT2D eigenvalue weighted by molar-refractivity contribution is 0.256. The van der Waals surface area contributed by atoms with E-state index in [4.69, 9.17) is 38.4 Å². The summed E-state index contributed by atoms with van der Waals surface area (Å²) in [7, 11) is -1.69. The lowest BCUT2D eigenvalue weighted by atomic mass is 10.4. The zero-order valence-electron chi connectivity index (χ0n) is 12.6. The molecule has 0 saturated heterocycles. The van der Waals surface area contributed by atoms with Crippen molar-refractivity contribution in [3.05, 3.63) is 5.02 Å². The van der Waals surface area contributed by atoms with Crippen molar-refractivity contribution in [1.82, 2.24) is 9.97 Å². The SMILES string of the molecule is CCC(Cl)CS(=O)(=O)N(C(N)=O)c1nc(OC)c(Cl)c(OC)n1. The first kappa shape index (κ1) is 19.5. The van der Waals surface area contributed by atoms with E-state index in [0.29, 0.717) is 6.42 Å². The number of methoxy groups -OCH3 is 2. The number of amides is 2. The molecule has 9 nitrogen and oxygen atoms in total. The zero-order valence-corrected chi connectivity index (χ0v) is 14.9. The molecule has 23 heavy (non-hydrogen) atoms. The molecule has 0 aromatic carbocycles. The number of hydrogen-bond acceptors (Lipinski definition) is 7. The summed E-state index contributed by atoms with van der Waals surface area (Å²) in [5, 5.41) is -0.790. The third-order valence-corrected chi connectivity index (χ3v) is 5.35. The van der Waals surface area contributed by atoms with Crippen LogP contribution in [0.4, 0.5) is 10.7 Å². The first-order valence-electron chi connectivity index (χ1n) is 6.29. The quantitative estimate of drug-likeness (QED) is 0.701.